The van der Waals surface area contributed by atoms with Crippen molar-refractivity contribution in [2.24, 2.45) is 0 Å². The summed E-state index contributed by atoms with van der Waals surface area (Å²) in [5.74, 6) is 0.525. The number of hydrogen-bond acceptors (Lipinski definition) is 5. The minimum absolute atomic E-state index is 0.0148. The first kappa shape index (κ1) is 21.8. The van der Waals surface area contributed by atoms with Gasteiger partial charge < -0.3 is 19.9 Å². The van der Waals surface area contributed by atoms with E-state index in [4.69, 9.17) is 9.47 Å². The highest BCUT2D eigenvalue weighted by atomic mass is 32.1. The number of methoxy groups -OCH3 is 1. The molecule has 0 bridgehead atoms. The molecule has 164 valence electrons. The van der Waals surface area contributed by atoms with Crippen molar-refractivity contribution in [3.63, 3.8) is 0 Å². The van der Waals surface area contributed by atoms with Gasteiger partial charge in [-0.2, -0.15) is 0 Å². The zero-order valence-corrected chi connectivity index (χ0v) is 18.2. The van der Waals surface area contributed by atoms with Crippen LogP contribution >= 0.6 is 11.3 Å². The van der Waals surface area contributed by atoms with Crippen LogP contribution in [0.5, 0.6) is 11.5 Å². The van der Waals surface area contributed by atoms with Crippen molar-refractivity contribution in [1.29, 1.82) is 0 Å². The first-order chi connectivity index (χ1) is 15.6. The van der Waals surface area contributed by atoms with Gasteiger partial charge in [-0.3, -0.25) is 4.79 Å². The summed E-state index contributed by atoms with van der Waals surface area (Å²) in [5.41, 5.74) is 1.14. The molecular formula is C25H22FNO4S. The lowest BCUT2D eigenvalue weighted by molar-refractivity contribution is 0.0918. The van der Waals surface area contributed by atoms with Gasteiger partial charge in [-0.25, -0.2) is 4.39 Å². The molecule has 4 aromatic rings. The van der Waals surface area contributed by atoms with E-state index in [0.29, 0.717) is 37.6 Å². The zero-order chi connectivity index (χ0) is 22.5. The summed E-state index contributed by atoms with van der Waals surface area (Å²) >= 11 is 1.20. The van der Waals surface area contributed by atoms with Crippen LogP contribution in [0.25, 0.3) is 10.1 Å². The van der Waals surface area contributed by atoms with Crippen LogP contribution in [0.4, 0.5) is 4.39 Å². The lowest BCUT2D eigenvalue weighted by atomic mass is 10.1. The van der Waals surface area contributed by atoms with Crippen LogP contribution in [0.1, 0.15) is 26.9 Å². The van der Waals surface area contributed by atoms with Gasteiger partial charge in [0.2, 0.25) is 0 Å². The molecule has 32 heavy (non-hydrogen) atoms. The second-order valence-corrected chi connectivity index (χ2v) is 8.18. The third-order valence-corrected chi connectivity index (χ3v) is 6.25. The molecule has 1 atom stereocenters. The van der Waals surface area contributed by atoms with Crippen LogP contribution in [0.3, 0.4) is 0 Å². The number of thiophene rings is 1. The van der Waals surface area contributed by atoms with E-state index in [2.05, 4.69) is 5.32 Å². The van der Waals surface area contributed by atoms with E-state index in [9.17, 15) is 14.3 Å². The Morgan fingerprint density at radius 1 is 1.03 bits per heavy atom. The minimum Gasteiger partial charge on any atom is -0.497 e. The monoisotopic (exact) mass is 451 g/mol. The topological polar surface area (TPSA) is 67.8 Å². The normalized spacial score (nSPS) is 11.8. The second-order valence-electron chi connectivity index (χ2n) is 7.12. The fourth-order valence-corrected chi connectivity index (χ4v) is 4.51. The molecule has 0 saturated heterocycles. The Morgan fingerprint density at radius 3 is 2.50 bits per heavy atom. The highest BCUT2D eigenvalue weighted by molar-refractivity contribution is 7.21. The number of nitrogens with one attached hydrogen (secondary N) is 1. The highest BCUT2D eigenvalue weighted by Crippen LogP contribution is 2.34. The molecule has 0 fully saturated rings. The van der Waals surface area contributed by atoms with Gasteiger partial charge in [0, 0.05) is 22.2 Å². The van der Waals surface area contributed by atoms with Gasteiger partial charge in [-0.15, -0.1) is 11.3 Å². The van der Waals surface area contributed by atoms with Crippen molar-refractivity contribution in [2.75, 3.05) is 13.7 Å². The largest absolute Gasteiger partial charge is 0.497 e. The Morgan fingerprint density at radius 2 is 1.78 bits per heavy atom. The standard InChI is InChI=1S/C25H22FNO4S/c1-30-17-12-10-16(11-13-17)21(28)14-27-25(29)24-19(15-31-18-6-3-2-4-7-18)23-20(26)8-5-9-22(23)32-24/h2-13,21,28H,14-15H2,1H3,(H,27,29). The highest BCUT2D eigenvalue weighted by Gasteiger charge is 2.22. The molecule has 1 aromatic heterocycles. The SMILES string of the molecule is COc1ccc(C(O)CNC(=O)c2sc3cccc(F)c3c2COc2ccccc2)cc1. The number of halogens is 1. The number of benzene rings is 3. The number of amides is 1. The fraction of sp³-hybridized carbons (Fsp3) is 0.160. The van der Waals surface area contributed by atoms with Gasteiger partial charge in [0.25, 0.3) is 5.91 Å². The van der Waals surface area contributed by atoms with E-state index >= 15 is 0 Å². The quantitative estimate of drug-likeness (QED) is 0.392. The first-order valence-corrected chi connectivity index (χ1v) is 10.9. The van der Waals surface area contributed by atoms with E-state index in [1.54, 1.807) is 55.6 Å². The molecule has 1 unspecified atom stereocenters. The fourth-order valence-electron chi connectivity index (χ4n) is 3.37. The molecule has 0 saturated carbocycles. The number of rotatable bonds is 8. The first-order valence-electron chi connectivity index (χ1n) is 10.0. The number of carbonyl (C=O) groups is 1. The Bertz CT molecular complexity index is 1210. The van der Waals surface area contributed by atoms with Gasteiger partial charge in [0.05, 0.1) is 18.1 Å². The smallest absolute Gasteiger partial charge is 0.261 e. The number of aliphatic hydroxyl groups is 1. The van der Waals surface area contributed by atoms with E-state index in [1.165, 1.54) is 17.4 Å². The van der Waals surface area contributed by atoms with E-state index in [-0.39, 0.29) is 19.1 Å². The van der Waals surface area contributed by atoms with Crippen molar-refractivity contribution >= 4 is 27.3 Å². The maximum Gasteiger partial charge on any atom is 0.261 e. The summed E-state index contributed by atoms with van der Waals surface area (Å²) in [4.78, 5) is 13.3. The number of hydrogen-bond donors (Lipinski definition) is 2. The van der Waals surface area contributed by atoms with Gasteiger partial charge in [-0.05, 0) is 42.0 Å². The number of aliphatic hydroxyl groups excluding tert-OH is 1. The molecule has 0 spiro atoms. The maximum absolute atomic E-state index is 14.6. The molecule has 1 amide bonds. The Kier molecular flexibility index (Phi) is 6.68. The molecule has 3 aromatic carbocycles. The predicted molar refractivity (Wildman–Crippen MR) is 123 cm³/mol. The summed E-state index contributed by atoms with van der Waals surface area (Å²) in [7, 11) is 1.57. The second kappa shape index (κ2) is 9.80. The average Bonchev–Trinajstić information content (AvgIpc) is 3.21. The molecular weight excluding hydrogens is 429 g/mol. The molecule has 0 aliphatic heterocycles. The summed E-state index contributed by atoms with van der Waals surface area (Å²) < 4.78 is 26.2. The number of fused-ring (bicyclic) bond motifs is 1. The lowest BCUT2D eigenvalue weighted by Gasteiger charge is -2.13. The Hall–Kier alpha value is -3.42. The van der Waals surface area contributed by atoms with Gasteiger partial charge in [0.15, 0.2) is 0 Å². The Balaban J connectivity index is 1.54. The number of para-hydroxylation sites is 1. The van der Waals surface area contributed by atoms with Gasteiger partial charge >= 0.3 is 0 Å². The molecule has 0 radical (unpaired) electrons. The molecule has 7 heteroatoms. The number of carbonyl (C=O) groups excluding carboxylic acids is 1. The summed E-state index contributed by atoms with van der Waals surface area (Å²) in [6.45, 7) is 0.0651. The van der Waals surface area contributed by atoms with Crippen molar-refractivity contribution in [3.8, 4) is 11.5 Å². The molecule has 5 nitrogen and oxygen atoms in total. The van der Waals surface area contributed by atoms with Crippen LogP contribution in [-0.4, -0.2) is 24.7 Å². The molecule has 4 rings (SSSR count). The molecule has 0 aliphatic carbocycles. The zero-order valence-electron chi connectivity index (χ0n) is 17.4. The van der Waals surface area contributed by atoms with E-state index in [0.717, 1.165) is 0 Å². The molecule has 0 aliphatic rings. The van der Waals surface area contributed by atoms with Crippen LogP contribution in [0.15, 0.2) is 72.8 Å². The predicted octanol–water partition coefficient (Wildman–Crippen LogP) is 5.09. The summed E-state index contributed by atoms with van der Waals surface area (Å²) in [5, 5.41) is 13.6. The lowest BCUT2D eigenvalue weighted by Crippen LogP contribution is -2.28. The van der Waals surface area contributed by atoms with Crippen LogP contribution in [-0.2, 0) is 6.61 Å². The van der Waals surface area contributed by atoms with Gasteiger partial charge in [-0.1, -0.05) is 36.4 Å². The third kappa shape index (κ3) is 4.74. The molecule has 2 N–H and O–H groups in total. The number of ether oxygens (including phenoxy) is 2. The Labute approximate surface area is 189 Å². The van der Waals surface area contributed by atoms with Crippen LogP contribution < -0.4 is 14.8 Å². The van der Waals surface area contributed by atoms with Crippen molar-refractivity contribution in [1.82, 2.24) is 5.32 Å². The van der Waals surface area contributed by atoms with Crippen molar-refractivity contribution in [3.05, 3.63) is 94.6 Å². The maximum atomic E-state index is 14.6. The van der Waals surface area contributed by atoms with Gasteiger partial charge in [0.1, 0.15) is 23.9 Å². The van der Waals surface area contributed by atoms with Crippen molar-refractivity contribution in [2.45, 2.75) is 12.7 Å². The summed E-state index contributed by atoms with van der Waals surface area (Å²) in [6.07, 6.45) is -0.889. The van der Waals surface area contributed by atoms with E-state index in [1.807, 2.05) is 18.2 Å². The van der Waals surface area contributed by atoms with Crippen LogP contribution in [0, 0.1) is 5.82 Å². The minimum atomic E-state index is -0.889. The van der Waals surface area contributed by atoms with Crippen LogP contribution in [0.2, 0.25) is 0 Å². The van der Waals surface area contributed by atoms with E-state index < -0.39 is 11.9 Å². The third-order valence-electron chi connectivity index (χ3n) is 5.05. The molecule has 1 heterocycles. The summed E-state index contributed by atoms with van der Waals surface area (Å²) in [6, 6.07) is 20.9. The average molecular weight is 452 g/mol. The van der Waals surface area contributed by atoms with Crippen molar-refractivity contribution < 1.29 is 23.8 Å².